The van der Waals surface area contributed by atoms with E-state index < -0.39 is 17.9 Å². The van der Waals surface area contributed by atoms with Gasteiger partial charge in [-0.05, 0) is 17.9 Å². The van der Waals surface area contributed by atoms with E-state index in [4.69, 9.17) is 5.11 Å². The van der Waals surface area contributed by atoms with Crippen LogP contribution in [0.25, 0.3) is 0 Å². The maximum absolute atomic E-state index is 12.0. The van der Waals surface area contributed by atoms with Gasteiger partial charge < -0.3 is 15.4 Å². The third kappa shape index (κ3) is 5.69. The molecule has 1 aromatic heterocycles. The zero-order valence-corrected chi connectivity index (χ0v) is 11.9. The lowest BCUT2D eigenvalue weighted by Gasteiger charge is -2.25. The molecule has 6 nitrogen and oxygen atoms in total. The SMILES string of the molecule is CC(C)(C)CC(CC(=O)O)NC(=O)c1ccc(=O)[nH]c1. The van der Waals surface area contributed by atoms with Gasteiger partial charge in [-0.2, -0.15) is 0 Å². The first kappa shape index (κ1) is 15.9. The normalized spacial score (nSPS) is 12.8. The van der Waals surface area contributed by atoms with Crippen LogP contribution in [0.15, 0.2) is 23.1 Å². The molecule has 0 spiro atoms. The maximum atomic E-state index is 12.0. The summed E-state index contributed by atoms with van der Waals surface area (Å²) < 4.78 is 0. The summed E-state index contributed by atoms with van der Waals surface area (Å²) in [5.74, 6) is -1.35. The summed E-state index contributed by atoms with van der Waals surface area (Å²) in [5, 5.41) is 11.6. The van der Waals surface area contributed by atoms with E-state index in [1.165, 1.54) is 18.3 Å². The van der Waals surface area contributed by atoms with Gasteiger partial charge in [-0.15, -0.1) is 0 Å². The molecule has 20 heavy (non-hydrogen) atoms. The number of rotatable bonds is 5. The highest BCUT2D eigenvalue weighted by atomic mass is 16.4. The maximum Gasteiger partial charge on any atom is 0.305 e. The summed E-state index contributed by atoms with van der Waals surface area (Å²) >= 11 is 0. The average molecular weight is 280 g/mol. The lowest BCUT2D eigenvalue weighted by atomic mass is 9.87. The number of hydrogen-bond donors (Lipinski definition) is 3. The van der Waals surface area contributed by atoms with E-state index in [0.717, 1.165) is 0 Å². The summed E-state index contributed by atoms with van der Waals surface area (Å²) in [6, 6.07) is 2.21. The van der Waals surface area contributed by atoms with Crippen molar-refractivity contribution in [1.29, 1.82) is 0 Å². The number of hydrogen-bond acceptors (Lipinski definition) is 3. The van der Waals surface area contributed by atoms with Crippen molar-refractivity contribution in [1.82, 2.24) is 10.3 Å². The second-order valence-electron chi connectivity index (χ2n) is 5.97. The van der Waals surface area contributed by atoms with Crippen LogP contribution >= 0.6 is 0 Å². The van der Waals surface area contributed by atoms with Crippen LogP contribution in [0.2, 0.25) is 0 Å². The fraction of sp³-hybridized carbons (Fsp3) is 0.500. The Morgan fingerprint density at radius 1 is 1.35 bits per heavy atom. The van der Waals surface area contributed by atoms with Crippen LogP contribution in [0, 0.1) is 5.41 Å². The van der Waals surface area contributed by atoms with Crippen molar-refractivity contribution in [3.8, 4) is 0 Å². The Bertz CT molecular complexity index is 522. The minimum Gasteiger partial charge on any atom is -0.481 e. The van der Waals surface area contributed by atoms with E-state index in [9.17, 15) is 14.4 Å². The largest absolute Gasteiger partial charge is 0.481 e. The molecule has 0 radical (unpaired) electrons. The monoisotopic (exact) mass is 280 g/mol. The van der Waals surface area contributed by atoms with Gasteiger partial charge >= 0.3 is 5.97 Å². The minimum absolute atomic E-state index is 0.0988. The van der Waals surface area contributed by atoms with Crippen LogP contribution in [0.4, 0.5) is 0 Å². The Morgan fingerprint density at radius 3 is 2.45 bits per heavy atom. The fourth-order valence-corrected chi connectivity index (χ4v) is 1.94. The number of carbonyl (C=O) groups is 2. The third-order valence-electron chi connectivity index (χ3n) is 2.66. The van der Waals surface area contributed by atoms with Crippen LogP contribution < -0.4 is 10.9 Å². The molecule has 0 aliphatic heterocycles. The van der Waals surface area contributed by atoms with E-state index in [-0.39, 0.29) is 17.4 Å². The Morgan fingerprint density at radius 2 is 2.00 bits per heavy atom. The Labute approximate surface area is 117 Å². The molecule has 1 atom stereocenters. The van der Waals surface area contributed by atoms with Crippen molar-refractivity contribution in [3.63, 3.8) is 0 Å². The minimum atomic E-state index is -0.957. The van der Waals surface area contributed by atoms with Crippen LogP contribution in [-0.4, -0.2) is 28.0 Å². The van der Waals surface area contributed by atoms with Gasteiger partial charge in [-0.1, -0.05) is 20.8 Å². The summed E-state index contributed by atoms with van der Waals surface area (Å²) in [7, 11) is 0. The Balaban J connectivity index is 2.78. The highest BCUT2D eigenvalue weighted by Crippen LogP contribution is 2.22. The number of H-pyrrole nitrogens is 1. The standard InChI is InChI=1S/C14H20N2O4/c1-14(2,3)7-10(6-12(18)19)16-13(20)9-4-5-11(17)15-8-9/h4-5,8,10H,6-7H2,1-3H3,(H,15,17)(H,16,20)(H,18,19). The zero-order chi connectivity index (χ0) is 15.3. The van der Waals surface area contributed by atoms with Gasteiger partial charge in [-0.3, -0.25) is 14.4 Å². The highest BCUT2D eigenvalue weighted by molar-refractivity contribution is 5.94. The number of aromatic nitrogens is 1. The summed E-state index contributed by atoms with van der Waals surface area (Å²) in [6.45, 7) is 5.94. The van der Waals surface area contributed by atoms with E-state index in [1.807, 2.05) is 20.8 Å². The van der Waals surface area contributed by atoms with Crippen molar-refractivity contribution in [3.05, 3.63) is 34.2 Å². The van der Waals surface area contributed by atoms with E-state index in [1.54, 1.807) is 0 Å². The predicted molar refractivity (Wildman–Crippen MR) is 74.6 cm³/mol. The summed E-state index contributed by atoms with van der Waals surface area (Å²) in [6.07, 6.45) is 1.73. The number of amides is 1. The number of pyridine rings is 1. The molecule has 1 heterocycles. The highest BCUT2D eigenvalue weighted by Gasteiger charge is 2.23. The lowest BCUT2D eigenvalue weighted by Crippen LogP contribution is -2.39. The molecule has 110 valence electrons. The smallest absolute Gasteiger partial charge is 0.305 e. The topological polar surface area (TPSA) is 99.3 Å². The first-order valence-electron chi connectivity index (χ1n) is 6.39. The Kier molecular flexibility index (Phi) is 5.07. The molecule has 1 aromatic rings. The first-order valence-corrected chi connectivity index (χ1v) is 6.39. The van der Waals surface area contributed by atoms with Crippen LogP contribution in [0.1, 0.15) is 44.0 Å². The number of carboxylic acid groups (broad SMARTS) is 1. The molecule has 0 fully saturated rings. The molecular formula is C14H20N2O4. The number of aliphatic carboxylic acids is 1. The van der Waals surface area contributed by atoms with Crippen LogP contribution in [0.5, 0.6) is 0 Å². The van der Waals surface area contributed by atoms with Crippen molar-refractivity contribution in [2.75, 3.05) is 0 Å². The second-order valence-corrected chi connectivity index (χ2v) is 5.97. The van der Waals surface area contributed by atoms with Gasteiger partial charge in [-0.25, -0.2) is 0 Å². The van der Waals surface area contributed by atoms with Gasteiger partial charge in [0.15, 0.2) is 0 Å². The quantitative estimate of drug-likeness (QED) is 0.758. The van der Waals surface area contributed by atoms with Gasteiger partial charge in [0.05, 0.1) is 12.0 Å². The molecule has 1 unspecified atom stereocenters. The first-order chi connectivity index (χ1) is 9.17. The third-order valence-corrected chi connectivity index (χ3v) is 2.66. The van der Waals surface area contributed by atoms with Gasteiger partial charge in [0, 0.05) is 18.3 Å². The molecule has 3 N–H and O–H groups in total. The Hall–Kier alpha value is -2.11. The zero-order valence-electron chi connectivity index (χ0n) is 11.9. The number of nitrogens with one attached hydrogen (secondary N) is 2. The molecular weight excluding hydrogens is 260 g/mol. The molecule has 0 aliphatic carbocycles. The van der Waals surface area contributed by atoms with Gasteiger partial charge in [0.1, 0.15) is 0 Å². The number of aromatic amines is 1. The van der Waals surface area contributed by atoms with Gasteiger partial charge in [0.25, 0.3) is 5.91 Å². The molecule has 0 bridgehead atoms. The lowest BCUT2D eigenvalue weighted by molar-refractivity contribution is -0.137. The molecule has 1 rings (SSSR count). The van der Waals surface area contributed by atoms with E-state index in [2.05, 4.69) is 10.3 Å². The van der Waals surface area contributed by atoms with Crippen molar-refractivity contribution in [2.45, 2.75) is 39.7 Å². The van der Waals surface area contributed by atoms with Crippen molar-refractivity contribution >= 4 is 11.9 Å². The predicted octanol–water partition coefficient (Wildman–Crippen LogP) is 1.38. The fourth-order valence-electron chi connectivity index (χ4n) is 1.94. The average Bonchev–Trinajstić information content (AvgIpc) is 2.26. The van der Waals surface area contributed by atoms with Crippen molar-refractivity contribution < 1.29 is 14.7 Å². The number of carbonyl (C=O) groups excluding carboxylic acids is 1. The summed E-state index contributed by atoms with van der Waals surface area (Å²) in [4.78, 5) is 36.2. The van der Waals surface area contributed by atoms with Crippen LogP contribution in [0.3, 0.4) is 0 Å². The molecule has 0 aromatic carbocycles. The number of carboxylic acids is 1. The van der Waals surface area contributed by atoms with E-state index in [0.29, 0.717) is 12.0 Å². The molecule has 1 amide bonds. The molecule has 0 saturated heterocycles. The van der Waals surface area contributed by atoms with E-state index >= 15 is 0 Å². The van der Waals surface area contributed by atoms with Gasteiger partial charge in [0.2, 0.25) is 5.56 Å². The molecule has 0 aliphatic rings. The summed E-state index contributed by atoms with van der Waals surface area (Å²) in [5.41, 5.74) is -0.0921. The molecule has 0 saturated carbocycles. The molecule has 6 heteroatoms. The van der Waals surface area contributed by atoms with Crippen LogP contribution in [-0.2, 0) is 4.79 Å². The van der Waals surface area contributed by atoms with Crippen molar-refractivity contribution in [2.24, 2.45) is 5.41 Å². The second kappa shape index (κ2) is 6.36.